The molecule has 43 heteroatoms. The minimum atomic E-state index is -3.60. The van der Waals surface area contributed by atoms with Gasteiger partial charge < -0.3 is 60.5 Å². The van der Waals surface area contributed by atoms with Gasteiger partial charge in [-0.15, -0.1) is 19.0 Å². The van der Waals surface area contributed by atoms with Gasteiger partial charge in [0.05, 0.1) is 74.5 Å². The molecule has 4 saturated carbocycles. The fraction of sp³-hybridized carbons (Fsp3) is 0.591. The van der Waals surface area contributed by atoms with E-state index in [-0.39, 0.29) is 156 Å². The van der Waals surface area contributed by atoms with Crippen LogP contribution in [-0.2, 0) is 116 Å². The number of nitriles is 2. The molecule has 131 heavy (non-hydrogen) atoms. The van der Waals surface area contributed by atoms with E-state index in [1.54, 1.807) is 141 Å². The number of aromatic nitrogens is 8. The van der Waals surface area contributed by atoms with Crippen molar-refractivity contribution >= 4 is 99.2 Å². The number of fused-ring (bicyclic) bond motifs is 4. The molecule has 0 spiro atoms. The Kier molecular flexibility index (Phi) is 31.8. The molecule has 4 aromatic heterocycles. The number of aromatic carboxylic acids is 1. The predicted octanol–water partition coefficient (Wildman–Crippen LogP) is 5.20. The molecule has 716 valence electrons. The van der Waals surface area contributed by atoms with E-state index in [0.717, 1.165) is 11.1 Å². The lowest BCUT2D eigenvalue weighted by Gasteiger charge is -2.35. The van der Waals surface area contributed by atoms with E-state index in [9.17, 15) is 92.5 Å². The number of carboxylic acids is 1. The Morgan fingerprint density at radius 2 is 0.740 bits per heavy atom. The number of nitrogens with two attached hydrogens (primary N) is 1. The van der Waals surface area contributed by atoms with Crippen molar-refractivity contribution in [3.63, 3.8) is 0 Å². The number of benzene rings is 2. The monoisotopic (exact) mass is 1920 g/mol. The number of aliphatic hydroxyl groups excluding tert-OH is 3. The topological polar surface area (TPSA) is 542 Å². The van der Waals surface area contributed by atoms with Gasteiger partial charge in [0.1, 0.15) is 22.8 Å². The first-order valence-corrected chi connectivity index (χ1v) is 49.1. The normalized spacial score (nSPS) is 17.3. The van der Waals surface area contributed by atoms with Gasteiger partial charge in [0.2, 0.25) is 0 Å². The van der Waals surface area contributed by atoms with Crippen LogP contribution < -0.4 is 11.1 Å². The van der Waals surface area contributed by atoms with Crippen LogP contribution in [0.4, 0.5) is 0 Å². The van der Waals surface area contributed by atoms with Gasteiger partial charge in [-0.1, -0.05) is 30.3 Å². The van der Waals surface area contributed by atoms with Gasteiger partial charge in [-0.3, -0.25) is 42.7 Å². The van der Waals surface area contributed by atoms with Crippen LogP contribution in [0.5, 0.6) is 0 Å². The van der Waals surface area contributed by atoms with Gasteiger partial charge in [0.15, 0.2) is 62.1 Å². The van der Waals surface area contributed by atoms with Crippen LogP contribution in [0.3, 0.4) is 0 Å². The van der Waals surface area contributed by atoms with Crippen molar-refractivity contribution in [3.8, 4) is 12.1 Å². The summed E-state index contributed by atoms with van der Waals surface area (Å²) in [6.07, 6.45) is 7.43. The maximum atomic E-state index is 13.4. The number of ether oxygens (including phenoxy) is 2. The first-order chi connectivity index (χ1) is 60.8. The number of sulfone groups is 4. The van der Waals surface area contributed by atoms with Crippen molar-refractivity contribution in [2.75, 3.05) is 85.4 Å². The number of carboxylic acid groups (broad SMARTS) is 1. The first-order valence-electron chi connectivity index (χ1n) is 43.2. The van der Waals surface area contributed by atoms with Gasteiger partial charge in [-0.05, 0) is 201 Å². The van der Waals surface area contributed by atoms with Gasteiger partial charge >= 0.3 is 17.9 Å². The van der Waals surface area contributed by atoms with Crippen molar-refractivity contribution in [2.45, 2.75) is 217 Å². The predicted molar refractivity (Wildman–Crippen MR) is 484 cm³/mol. The first kappa shape index (κ1) is 104. The summed E-state index contributed by atoms with van der Waals surface area (Å²) in [5, 5.41) is 73.8. The van der Waals surface area contributed by atoms with Gasteiger partial charge in [-0.25, -0.2) is 48.1 Å². The lowest BCUT2D eigenvalue weighted by atomic mass is 10.0. The third kappa shape index (κ3) is 20.3. The number of hydrogen-bond acceptors (Lipinski definition) is 28. The summed E-state index contributed by atoms with van der Waals surface area (Å²) in [5.74, 6) is -4.03. The Bertz CT molecular complexity index is 5960. The summed E-state index contributed by atoms with van der Waals surface area (Å²) >= 11 is 0. The van der Waals surface area contributed by atoms with Gasteiger partial charge in [-0.2, -0.15) is 30.9 Å². The Labute approximate surface area is 770 Å². The Balaban J connectivity index is 0.000000190. The summed E-state index contributed by atoms with van der Waals surface area (Å²) in [5.41, 5.74) is 12.1. The van der Waals surface area contributed by atoms with Crippen LogP contribution in [0.2, 0.25) is 0 Å². The van der Waals surface area contributed by atoms with E-state index >= 15 is 0 Å². The molecular weight excluding hydrogens is 1800 g/mol. The van der Waals surface area contributed by atoms with Crippen LogP contribution in [-0.4, -0.2) is 284 Å². The molecule has 6 aromatic rings. The van der Waals surface area contributed by atoms with Crippen molar-refractivity contribution < 1.29 is 102 Å². The highest BCUT2D eigenvalue weighted by Crippen LogP contribution is 2.54. The number of esters is 2. The second-order valence-corrected chi connectivity index (χ2v) is 48.5. The Hall–Kier alpha value is -10.3. The molecule has 7 N–H and O–H groups in total. The zero-order valence-corrected chi connectivity index (χ0v) is 80.7. The van der Waals surface area contributed by atoms with E-state index in [0.29, 0.717) is 154 Å². The molecule has 14 rings (SSSR count). The quantitative estimate of drug-likeness (QED) is 0.0233. The van der Waals surface area contributed by atoms with Crippen molar-refractivity contribution in [3.05, 3.63) is 151 Å². The number of amides is 5. The Morgan fingerprint density at radius 3 is 1.00 bits per heavy atom. The van der Waals surface area contributed by atoms with Crippen LogP contribution in [0.15, 0.2) is 61.2 Å². The fourth-order valence-electron chi connectivity index (χ4n) is 17.3. The summed E-state index contributed by atoms with van der Waals surface area (Å²) in [6, 6.07) is 18.2. The number of hydrogen-bond donors (Lipinski definition) is 6. The maximum absolute atomic E-state index is 13.4. The van der Waals surface area contributed by atoms with Gasteiger partial charge in [0.25, 0.3) is 29.5 Å². The van der Waals surface area contributed by atoms with Crippen LogP contribution >= 0.6 is 12.4 Å². The van der Waals surface area contributed by atoms with E-state index in [1.165, 1.54) is 36.8 Å². The summed E-state index contributed by atoms with van der Waals surface area (Å²) in [6.45, 7) is 22.3. The molecular formula is C88H121ClN16O22S4. The minimum absolute atomic E-state index is 0. The lowest BCUT2D eigenvalue weighted by Crippen LogP contribution is -2.50. The second-order valence-electron chi connectivity index (χ2n) is 36.6. The number of aliphatic hydroxyl groups is 3. The summed E-state index contributed by atoms with van der Waals surface area (Å²) in [4.78, 5) is 107. The highest BCUT2D eigenvalue weighted by atomic mass is 35.5. The standard InChI is InChI=1S/C25H31N5O5S.C19H29N3O6S.C19H27N3O5S.C17H25N3O6S.C8H8N2.ClH/c1-24(2,11-13-31)36(34,35)25(9-10-25)16-30-12-8-19-20(28-29(3)21(19)23(30)33)22(32)27-15-18-6-4-17(14-26)5-7-18;1-5-28-17(25)14-13-6-10-22(16(24)15(13)21(4)20-14)12-19(7-8-19)29(26,27)18(2,3)9-11-23;1-6-18(3,4)28(25,26)19(9-10-19)12-22-11-8-13-14(17(24)27-7-2)20-21(5)15(13)16(22)23;1-16(2,7-9-21)27(25,26)17(5-6-17)10-20-8-4-11-12(15(23)24)18-19(3)13(11)14(20)22;9-5-7-1-2-8(6-10)4-3-7;/h4-7,31H,8-13,15-16H2,1-3H3,(H,27,32);23H,5-12H2,1-4H3;6H,1,7-12H2,2-5H3;21H,4-10H2,1-3H3,(H,23,24);1-4H,5,9H2;1H. The van der Waals surface area contributed by atoms with E-state index in [4.69, 9.17) is 25.7 Å². The molecule has 38 nitrogen and oxygen atoms in total. The van der Waals surface area contributed by atoms with Crippen LogP contribution in [0, 0.1) is 22.7 Å². The van der Waals surface area contributed by atoms with E-state index in [1.807, 2.05) is 24.3 Å². The molecule has 5 amide bonds. The van der Waals surface area contributed by atoms with Crippen molar-refractivity contribution in [1.29, 1.82) is 10.5 Å². The fourth-order valence-corrected chi connectivity index (χ4v) is 27.1. The largest absolute Gasteiger partial charge is 0.476 e. The number of aryl methyl sites for hydroxylation is 4. The van der Waals surface area contributed by atoms with Crippen LogP contribution in [0.1, 0.15) is 268 Å². The summed E-state index contributed by atoms with van der Waals surface area (Å²) < 4.78 is 113. The average Bonchev–Trinajstić information content (AvgIpc) is 1.57. The molecule has 8 heterocycles. The molecule has 4 aliphatic carbocycles. The number of halogens is 1. The zero-order chi connectivity index (χ0) is 96.4. The van der Waals surface area contributed by atoms with Gasteiger partial charge in [0, 0.05) is 136 Å². The van der Waals surface area contributed by atoms with E-state index < -0.39 is 101 Å². The third-order valence-electron chi connectivity index (χ3n) is 26.2. The number of rotatable bonds is 32. The molecule has 8 aliphatic rings. The Morgan fingerprint density at radius 1 is 0.473 bits per heavy atom. The maximum Gasteiger partial charge on any atom is 0.359 e. The average molecular weight is 1920 g/mol. The molecule has 4 fully saturated rings. The van der Waals surface area contributed by atoms with Crippen molar-refractivity contribution in [2.24, 2.45) is 33.9 Å². The van der Waals surface area contributed by atoms with Crippen LogP contribution in [0.25, 0.3) is 0 Å². The molecule has 2 aromatic carbocycles. The van der Waals surface area contributed by atoms with Crippen molar-refractivity contribution in [1.82, 2.24) is 64.0 Å². The second kappa shape index (κ2) is 39.9. The highest BCUT2D eigenvalue weighted by molar-refractivity contribution is 7.95. The number of carbonyl (C=O) groups excluding carboxylic acids is 7. The smallest absolute Gasteiger partial charge is 0.359 e. The lowest BCUT2D eigenvalue weighted by molar-refractivity contribution is 0.0507. The zero-order valence-electron chi connectivity index (χ0n) is 76.6. The molecule has 4 aliphatic heterocycles. The SMILES string of the molecule is C=CC(C)(C)S(=O)(=O)C1(CN2CCc3c(C(=O)OCC)nn(C)c3C2=O)CC1.CCOC(=O)c1nn(C)c2c1CCN(CC1(S(=O)(=O)C(C)(C)CCO)CC1)C2=O.Cl.Cn1nc(C(=O)NCc2ccc(C#N)cc2)c2c1C(=O)N(CC1(S(=O)(=O)C(C)(C)CCO)CC1)CC2.Cn1nc(C(=O)O)c2c1C(=O)N(CC1(S(=O)(=O)C(C)(C)CCO)CC1)CC2.N#Cc1ccc(CN)cc1. The molecule has 0 saturated heterocycles. The number of carbonyl (C=O) groups is 8. The molecule has 0 bridgehead atoms. The molecule has 0 radical (unpaired) electrons. The number of nitrogens with one attached hydrogen (secondary N) is 1. The molecule has 0 unspecified atom stereocenters. The third-order valence-corrected chi connectivity index (χ3v) is 39.5. The number of nitrogens with zero attached hydrogens (tertiary/aromatic N) is 14. The highest BCUT2D eigenvalue weighted by Gasteiger charge is 2.65. The molecule has 0 atom stereocenters. The minimum Gasteiger partial charge on any atom is -0.476 e. The summed E-state index contributed by atoms with van der Waals surface area (Å²) in [7, 11) is -7.94. The van der Waals surface area contributed by atoms with E-state index in [2.05, 4.69) is 32.3 Å².